The molecule has 3 rings (SSSR count). The number of nitrogens with one attached hydrogen (secondary N) is 2. The highest BCUT2D eigenvalue weighted by Gasteiger charge is 2.32. The van der Waals surface area contributed by atoms with Crippen molar-refractivity contribution >= 4 is 29.3 Å². The van der Waals surface area contributed by atoms with E-state index in [0.29, 0.717) is 11.5 Å². The quantitative estimate of drug-likeness (QED) is 0.258. The molecule has 3 aromatic carbocycles. The van der Waals surface area contributed by atoms with Crippen LogP contribution in [0.25, 0.3) is 6.08 Å². The van der Waals surface area contributed by atoms with Crippen molar-refractivity contribution in [2.24, 2.45) is 0 Å². The third-order valence-corrected chi connectivity index (χ3v) is 4.64. The zero-order valence-corrected chi connectivity index (χ0v) is 18.7. The molecule has 0 atom stereocenters. The molecule has 3 aromatic rings. The lowest BCUT2D eigenvalue weighted by Gasteiger charge is -2.15. The average Bonchev–Trinajstić information content (AvgIpc) is 2.83. The van der Waals surface area contributed by atoms with Crippen molar-refractivity contribution in [1.29, 1.82) is 0 Å². The highest BCUT2D eigenvalue weighted by atomic mass is 19.4. The molecule has 182 valence electrons. The van der Waals surface area contributed by atoms with Gasteiger partial charge in [0.25, 0.3) is 11.8 Å². The van der Waals surface area contributed by atoms with Crippen molar-refractivity contribution < 1.29 is 37.0 Å². The maximum absolute atomic E-state index is 13.2. The highest BCUT2D eigenvalue weighted by Crippen LogP contribution is 2.30. The number of para-hydroxylation sites is 5. The van der Waals surface area contributed by atoms with Gasteiger partial charge in [0.2, 0.25) is 0 Å². The van der Waals surface area contributed by atoms with Crippen molar-refractivity contribution in [3.05, 3.63) is 83.9 Å². The Morgan fingerprint density at radius 3 is 1.60 bits per heavy atom. The Morgan fingerprint density at radius 2 is 1.14 bits per heavy atom. The van der Waals surface area contributed by atoms with E-state index in [1.165, 1.54) is 32.4 Å². The standard InChI is InChI=1S/C25H21F3N2O5/c1-33-21-13-7-4-10-18(21)29-23(31)17(24(32)30-19-11-5-8-14-22(19)34-2)15-16-9-3-6-12-20(16)35-25(26,27)28/h3-15H,1-2H3,(H,29,31)(H,30,32). The Morgan fingerprint density at radius 1 is 0.714 bits per heavy atom. The summed E-state index contributed by atoms with van der Waals surface area (Å²) in [5.74, 6) is -1.70. The smallest absolute Gasteiger partial charge is 0.495 e. The molecule has 2 N–H and O–H groups in total. The lowest BCUT2D eigenvalue weighted by molar-refractivity contribution is -0.274. The molecule has 0 aliphatic heterocycles. The van der Waals surface area contributed by atoms with Gasteiger partial charge in [0.05, 0.1) is 25.6 Å². The summed E-state index contributed by atoms with van der Waals surface area (Å²) >= 11 is 0. The van der Waals surface area contributed by atoms with Gasteiger partial charge in [-0.2, -0.15) is 0 Å². The van der Waals surface area contributed by atoms with Gasteiger partial charge in [-0.05, 0) is 36.4 Å². The van der Waals surface area contributed by atoms with E-state index in [4.69, 9.17) is 9.47 Å². The number of hydrogen-bond acceptors (Lipinski definition) is 5. The van der Waals surface area contributed by atoms with Crippen molar-refractivity contribution in [3.63, 3.8) is 0 Å². The molecular weight excluding hydrogens is 465 g/mol. The maximum Gasteiger partial charge on any atom is 0.573 e. The van der Waals surface area contributed by atoms with E-state index in [9.17, 15) is 22.8 Å². The van der Waals surface area contributed by atoms with Gasteiger partial charge in [-0.25, -0.2) is 0 Å². The summed E-state index contributed by atoms with van der Waals surface area (Å²) in [7, 11) is 2.81. The fourth-order valence-corrected chi connectivity index (χ4v) is 3.08. The fourth-order valence-electron chi connectivity index (χ4n) is 3.08. The Kier molecular flexibility index (Phi) is 7.98. The number of carbonyl (C=O) groups is 2. The predicted octanol–water partition coefficient (Wildman–Crippen LogP) is 5.26. The zero-order valence-electron chi connectivity index (χ0n) is 18.7. The highest BCUT2D eigenvalue weighted by molar-refractivity contribution is 6.29. The Labute approximate surface area is 199 Å². The Balaban J connectivity index is 2.03. The maximum atomic E-state index is 13.2. The third-order valence-electron chi connectivity index (χ3n) is 4.64. The molecule has 35 heavy (non-hydrogen) atoms. The summed E-state index contributed by atoms with van der Waals surface area (Å²) in [4.78, 5) is 26.4. The summed E-state index contributed by atoms with van der Waals surface area (Å²) in [5, 5.41) is 5.11. The minimum absolute atomic E-state index is 0.134. The van der Waals surface area contributed by atoms with Crippen LogP contribution >= 0.6 is 0 Å². The lowest BCUT2D eigenvalue weighted by Crippen LogP contribution is -2.26. The summed E-state index contributed by atoms with van der Waals surface area (Å²) in [5.41, 5.74) is -0.100. The first-order chi connectivity index (χ1) is 16.7. The number of rotatable bonds is 8. The van der Waals surface area contributed by atoms with Crippen LogP contribution in [-0.4, -0.2) is 32.4 Å². The van der Waals surface area contributed by atoms with E-state index in [-0.39, 0.29) is 16.9 Å². The van der Waals surface area contributed by atoms with Gasteiger partial charge >= 0.3 is 6.36 Å². The molecule has 0 heterocycles. The second-order valence-corrected chi connectivity index (χ2v) is 6.95. The second-order valence-electron chi connectivity index (χ2n) is 6.95. The summed E-state index contributed by atoms with van der Waals surface area (Å²) in [6.45, 7) is 0. The molecule has 0 aliphatic rings. The molecule has 7 nitrogen and oxygen atoms in total. The molecule has 0 unspecified atom stereocenters. The molecular formula is C25H21F3N2O5. The normalized spacial score (nSPS) is 10.7. The van der Waals surface area contributed by atoms with E-state index in [1.54, 1.807) is 48.5 Å². The van der Waals surface area contributed by atoms with Crippen LogP contribution in [0.15, 0.2) is 78.4 Å². The van der Waals surface area contributed by atoms with Gasteiger partial charge in [0.15, 0.2) is 0 Å². The molecule has 0 saturated carbocycles. The number of benzene rings is 3. The molecule has 0 aromatic heterocycles. The molecule has 0 saturated heterocycles. The van der Waals surface area contributed by atoms with Crippen LogP contribution in [0, 0.1) is 0 Å². The molecule has 2 amide bonds. The van der Waals surface area contributed by atoms with Gasteiger partial charge in [0.1, 0.15) is 22.8 Å². The van der Waals surface area contributed by atoms with Crippen LogP contribution in [0.1, 0.15) is 5.56 Å². The number of anilines is 2. The number of halogens is 3. The van der Waals surface area contributed by atoms with Gasteiger partial charge in [0, 0.05) is 5.56 Å². The summed E-state index contributed by atoms with van der Waals surface area (Å²) < 4.78 is 53.1. The monoisotopic (exact) mass is 486 g/mol. The third kappa shape index (κ3) is 6.76. The molecule has 0 bridgehead atoms. The summed E-state index contributed by atoms with van der Waals surface area (Å²) in [6.07, 6.45) is -3.96. The van der Waals surface area contributed by atoms with E-state index in [2.05, 4.69) is 15.4 Å². The minimum atomic E-state index is -4.97. The van der Waals surface area contributed by atoms with E-state index in [1.807, 2.05) is 0 Å². The van der Waals surface area contributed by atoms with E-state index < -0.39 is 29.5 Å². The van der Waals surface area contributed by atoms with Crippen LogP contribution in [0.5, 0.6) is 17.2 Å². The largest absolute Gasteiger partial charge is 0.573 e. The molecule has 0 radical (unpaired) electrons. The molecule has 10 heteroatoms. The number of ether oxygens (including phenoxy) is 3. The topological polar surface area (TPSA) is 85.9 Å². The number of hydrogen-bond donors (Lipinski definition) is 2. The number of methoxy groups -OCH3 is 2. The van der Waals surface area contributed by atoms with Crippen LogP contribution in [-0.2, 0) is 9.59 Å². The average molecular weight is 486 g/mol. The van der Waals surface area contributed by atoms with Crippen LogP contribution in [0.3, 0.4) is 0 Å². The van der Waals surface area contributed by atoms with Gasteiger partial charge < -0.3 is 24.8 Å². The minimum Gasteiger partial charge on any atom is -0.495 e. The van der Waals surface area contributed by atoms with Gasteiger partial charge in [-0.3, -0.25) is 9.59 Å². The van der Waals surface area contributed by atoms with Gasteiger partial charge in [-0.1, -0.05) is 42.5 Å². The Bertz CT molecular complexity index is 1180. The molecule has 0 fully saturated rings. The van der Waals surface area contributed by atoms with Gasteiger partial charge in [-0.15, -0.1) is 13.2 Å². The second kappa shape index (κ2) is 11.1. The SMILES string of the molecule is COc1ccccc1NC(=O)C(=Cc1ccccc1OC(F)(F)F)C(=O)Nc1ccccc1OC. The van der Waals surface area contributed by atoms with Crippen LogP contribution in [0.4, 0.5) is 24.5 Å². The van der Waals surface area contributed by atoms with E-state index >= 15 is 0 Å². The predicted molar refractivity (Wildman–Crippen MR) is 124 cm³/mol. The van der Waals surface area contributed by atoms with Crippen molar-refractivity contribution in [1.82, 2.24) is 0 Å². The van der Waals surface area contributed by atoms with Crippen LogP contribution in [0.2, 0.25) is 0 Å². The number of amides is 2. The summed E-state index contributed by atoms with van der Waals surface area (Å²) in [6, 6.07) is 18.1. The van der Waals surface area contributed by atoms with E-state index in [0.717, 1.165) is 12.1 Å². The lowest BCUT2D eigenvalue weighted by atomic mass is 10.1. The molecule has 0 spiro atoms. The Hall–Kier alpha value is -4.47. The van der Waals surface area contributed by atoms with Crippen molar-refractivity contribution in [2.45, 2.75) is 6.36 Å². The first-order valence-corrected chi connectivity index (χ1v) is 10.2. The first kappa shape index (κ1) is 25.2. The molecule has 0 aliphatic carbocycles. The van der Waals surface area contributed by atoms with Crippen molar-refractivity contribution in [3.8, 4) is 17.2 Å². The number of carbonyl (C=O) groups excluding carboxylic acids is 2. The fraction of sp³-hybridized carbons (Fsp3) is 0.120. The number of alkyl halides is 3. The van der Waals surface area contributed by atoms with Crippen LogP contribution < -0.4 is 24.8 Å². The first-order valence-electron chi connectivity index (χ1n) is 10.2. The zero-order chi connectivity index (χ0) is 25.4. The van der Waals surface area contributed by atoms with Crippen molar-refractivity contribution in [2.75, 3.05) is 24.9 Å².